The molecule has 1 spiro atoms. The summed E-state index contributed by atoms with van der Waals surface area (Å²) in [6, 6.07) is 9.03. The molecule has 1 atom stereocenters. The number of pyridine rings is 1. The van der Waals surface area contributed by atoms with Crippen LogP contribution in [0.5, 0.6) is 11.5 Å². The van der Waals surface area contributed by atoms with Gasteiger partial charge in [0.15, 0.2) is 11.5 Å². The molecule has 1 aromatic heterocycles. The number of benzene rings is 1. The molecule has 0 N–H and O–H groups in total. The van der Waals surface area contributed by atoms with Gasteiger partial charge in [0.2, 0.25) is 10.0 Å². The van der Waals surface area contributed by atoms with E-state index in [4.69, 9.17) is 9.47 Å². The molecule has 3 aliphatic rings. The smallest absolute Gasteiger partial charge is 0.243 e. The van der Waals surface area contributed by atoms with E-state index in [0.717, 1.165) is 45.3 Å². The summed E-state index contributed by atoms with van der Waals surface area (Å²) in [5.41, 5.74) is 1.22. The molecule has 2 aromatic rings. The average Bonchev–Trinajstić information content (AvgIpc) is 2.79. The van der Waals surface area contributed by atoms with Crippen LogP contribution in [0.15, 0.2) is 47.6 Å². The van der Waals surface area contributed by atoms with E-state index in [1.807, 2.05) is 12.3 Å². The predicted molar refractivity (Wildman–Crippen MR) is 117 cm³/mol. The summed E-state index contributed by atoms with van der Waals surface area (Å²) in [6.07, 6.45) is 7.85. The Hall–Kier alpha value is -2.16. The van der Waals surface area contributed by atoms with E-state index < -0.39 is 10.0 Å². The van der Waals surface area contributed by atoms with Crippen molar-refractivity contribution < 1.29 is 17.9 Å². The van der Waals surface area contributed by atoms with E-state index in [1.165, 1.54) is 5.56 Å². The molecule has 0 radical (unpaired) electrons. The number of ether oxygens (including phenoxy) is 2. The lowest BCUT2D eigenvalue weighted by atomic mass is 9.74. The van der Waals surface area contributed by atoms with Crippen molar-refractivity contribution in [3.8, 4) is 11.5 Å². The Morgan fingerprint density at radius 2 is 1.81 bits per heavy atom. The first-order valence-corrected chi connectivity index (χ1v) is 12.5. The molecular formula is C23H29N3O4S. The van der Waals surface area contributed by atoms with Gasteiger partial charge in [-0.2, -0.15) is 4.31 Å². The zero-order valence-electron chi connectivity index (χ0n) is 17.7. The number of rotatable bonds is 4. The van der Waals surface area contributed by atoms with E-state index in [9.17, 15) is 8.42 Å². The normalized spacial score (nSPS) is 24.9. The van der Waals surface area contributed by atoms with Crippen LogP contribution in [0.2, 0.25) is 0 Å². The summed E-state index contributed by atoms with van der Waals surface area (Å²) in [5.74, 6) is 1.12. The Bertz CT molecular complexity index is 1030. The molecule has 31 heavy (non-hydrogen) atoms. The molecule has 0 amide bonds. The highest BCUT2D eigenvalue weighted by Gasteiger charge is 2.42. The zero-order chi connectivity index (χ0) is 21.3. The fourth-order valence-corrected chi connectivity index (χ4v) is 6.84. The molecule has 0 aliphatic carbocycles. The Morgan fingerprint density at radius 3 is 2.61 bits per heavy atom. The highest BCUT2D eigenvalue weighted by Crippen LogP contribution is 2.41. The molecule has 1 unspecified atom stereocenters. The molecule has 2 fully saturated rings. The van der Waals surface area contributed by atoms with Crippen LogP contribution in [0.1, 0.15) is 31.2 Å². The summed E-state index contributed by atoms with van der Waals surface area (Å²) < 4.78 is 39.8. The van der Waals surface area contributed by atoms with Crippen molar-refractivity contribution in [3.05, 3.63) is 48.3 Å². The van der Waals surface area contributed by atoms with Crippen molar-refractivity contribution in [2.75, 3.05) is 39.4 Å². The van der Waals surface area contributed by atoms with Crippen molar-refractivity contribution in [2.45, 2.75) is 37.1 Å². The predicted octanol–water partition coefficient (Wildman–Crippen LogP) is 2.92. The number of sulfonamides is 1. The monoisotopic (exact) mass is 443 g/mol. The van der Waals surface area contributed by atoms with E-state index in [2.05, 4.69) is 16.0 Å². The van der Waals surface area contributed by atoms with Crippen molar-refractivity contribution in [1.29, 1.82) is 0 Å². The highest BCUT2D eigenvalue weighted by molar-refractivity contribution is 7.89. The van der Waals surface area contributed by atoms with Crippen LogP contribution in [0.3, 0.4) is 0 Å². The van der Waals surface area contributed by atoms with Crippen LogP contribution in [-0.2, 0) is 16.6 Å². The van der Waals surface area contributed by atoms with Gasteiger partial charge in [-0.25, -0.2) is 8.42 Å². The Balaban J connectivity index is 1.33. The number of fused-ring (bicyclic) bond motifs is 1. The molecule has 166 valence electrons. The van der Waals surface area contributed by atoms with Gasteiger partial charge in [-0.3, -0.25) is 9.88 Å². The van der Waals surface area contributed by atoms with Crippen LogP contribution in [0, 0.1) is 5.41 Å². The number of hydrogen-bond donors (Lipinski definition) is 0. The van der Waals surface area contributed by atoms with Crippen molar-refractivity contribution >= 4 is 10.0 Å². The molecule has 7 nitrogen and oxygen atoms in total. The van der Waals surface area contributed by atoms with Crippen molar-refractivity contribution in [3.63, 3.8) is 0 Å². The Labute approximate surface area is 184 Å². The zero-order valence-corrected chi connectivity index (χ0v) is 18.5. The third kappa shape index (κ3) is 4.29. The van der Waals surface area contributed by atoms with Crippen LogP contribution in [0.4, 0.5) is 0 Å². The van der Waals surface area contributed by atoms with Crippen molar-refractivity contribution in [2.24, 2.45) is 5.41 Å². The molecule has 4 heterocycles. The van der Waals surface area contributed by atoms with E-state index in [1.54, 1.807) is 28.7 Å². The van der Waals surface area contributed by atoms with Gasteiger partial charge in [0.05, 0.1) is 4.90 Å². The second-order valence-electron chi connectivity index (χ2n) is 8.92. The lowest BCUT2D eigenvalue weighted by Gasteiger charge is -2.48. The summed E-state index contributed by atoms with van der Waals surface area (Å²) in [4.78, 5) is 6.98. The highest BCUT2D eigenvalue weighted by atomic mass is 32.2. The first kappa shape index (κ1) is 20.7. The van der Waals surface area contributed by atoms with E-state index in [0.29, 0.717) is 37.8 Å². The average molecular weight is 444 g/mol. The SMILES string of the molecule is O=S(=O)(c1ccc2c(c1)OCCO2)N1CCCC2(CCCN(Cc3cccnc3)C2)C1. The van der Waals surface area contributed by atoms with Crippen LogP contribution >= 0.6 is 0 Å². The third-order valence-electron chi connectivity index (χ3n) is 6.65. The standard InChI is InChI=1S/C23H29N3O4S/c27-31(28,20-5-6-21-22(14-20)30-13-12-29-21)26-11-3-8-23(18-26)7-2-10-25(17-23)16-19-4-1-9-24-15-19/h1,4-6,9,14-15H,2-3,7-8,10-13,16-18H2. The molecule has 1 aromatic carbocycles. The molecule has 0 bridgehead atoms. The first-order valence-electron chi connectivity index (χ1n) is 11.1. The summed E-state index contributed by atoms with van der Waals surface area (Å²) in [5, 5.41) is 0. The molecule has 2 saturated heterocycles. The number of likely N-dealkylation sites (tertiary alicyclic amines) is 1. The van der Waals surface area contributed by atoms with Gasteiger partial charge in [0.25, 0.3) is 0 Å². The quantitative estimate of drug-likeness (QED) is 0.724. The maximum atomic E-state index is 13.5. The molecular weight excluding hydrogens is 414 g/mol. The maximum Gasteiger partial charge on any atom is 0.243 e. The van der Waals surface area contributed by atoms with Gasteiger partial charge in [0.1, 0.15) is 13.2 Å². The number of aromatic nitrogens is 1. The van der Waals surface area contributed by atoms with Crippen LogP contribution < -0.4 is 9.47 Å². The minimum absolute atomic E-state index is 0.0135. The summed E-state index contributed by atoms with van der Waals surface area (Å²) >= 11 is 0. The van der Waals surface area contributed by atoms with Gasteiger partial charge in [-0.05, 0) is 61.4 Å². The van der Waals surface area contributed by atoms with Gasteiger partial charge >= 0.3 is 0 Å². The fraction of sp³-hybridized carbons (Fsp3) is 0.522. The lowest BCUT2D eigenvalue weighted by molar-refractivity contribution is 0.0361. The first-order chi connectivity index (χ1) is 15.0. The second-order valence-corrected chi connectivity index (χ2v) is 10.9. The summed E-state index contributed by atoms with van der Waals surface area (Å²) in [7, 11) is -3.58. The molecule has 5 rings (SSSR count). The molecule has 3 aliphatic heterocycles. The number of piperidine rings is 2. The van der Waals surface area contributed by atoms with Crippen LogP contribution in [0.25, 0.3) is 0 Å². The largest absolute Gasteiger partial charge is 0.486 e. The second kappa shape index (κ2) is 8.41. The van der Waals surface area contributed by atoms with Gasteiger partial charge in [0, 0.05) is 44.6 Å². The van der Waals surface area contributed by atoms with Gasteiger partial charge in [-0.15, -0.1) is 0 Å². The van der Waals surface area contributed by atoms with E-state index in [-0.39, 0.29) is 10.3 Å². The number of hydrogen-bond acceptors (Lipinski definition) is 6. The third-order valence-corrected chi connectivity index (χ3v) is 8.49. The Morgan fingerprint density at radius 1 is 1.00 bits per heavy atom. The minimum Gasteiger partial charge on any atom is -0.486 e. The Kier molecular flexibility index (Phi) is 5.62. The summed E-state index contributed by atoms with van der Waals surface area (Å²) in [6.45, 7) is 4.92. The van der Waals surface area contributed by atoms with E-state index >= 15 is 0 Å². The maximum absolute atomic E-state index is 13.5. The number of nitrogens with zero attached hydrogens (tertiary/aromatic N) is 3. The fourth-order valence-electron chi connectivity index (χ4n) is 5.23. The minimum atomic E-state index is -3.58. The van der Waals surface area contributed by atoms with Gasteiger partial charge < -0.3 is 9.47 Å². The molecule has 0 saturated carbocycles. The van der Waals surface area contributed by atoms with Crippen molar-refractivity contribution in [1.82, 2.24) is 14.2 Å². The van der Waals surface area contributed by atoms with Gasteiger partial charge in [-0.1, -0.05) is 6.07 Å². The topological polar surface area (TPSA) is 72.0 Å². The lowest BCUT2D eigenvalue weighted by Crippen LogP contribution is -2.53. The van der Waals surface area contributed by atoms with Crippen LogP contribution in [-0.4, -0.2) is 62.0 Å². The molecule has 8 heteroatoms.